The van der Waals surface area contributed by atoms with Gasteiger partial charge in [0.05, 0.1) is 16.2 Å². The quantitative estimate of drug-likeness (QED) is 0.485. The Labute approximate surface area is 174 Å². The van der Waals surface area contributed by atoms with Crippen molar-refractivity contribution in [2.75, 3.05) is 13.2 Å². The van der Waals surface area contributed by atoms with Crippen LogP contribution in [0.25, 0.3) is 0 Å². The lowest BCUT2D eigenvalue weighted by Gasteiger charge is -2.28. The summed E-state index contributed by atoms with van der Waals surface area (Å²) in [4.78, 5) is 27.1. The number of carbonyl (C=O) groups is 2. The normalized spacial score (nSPS) is 14.1. The fraction of sp³-hybridized carbons (Fsp3) is 0.182. The highest BCUT2D eigenvalue weighted by Gasteiger charge is 2.28. The Bertz CT molecular complexity index is 1190. The largest absolute Gasteiger partial charge is 0.454 e. The Hall–Kier alpha value is -3.23. The van der Waals surface area contributed by atoms with Crippen LogP contribution in [0, 0.1) is 0 Å². The second-order valence-corrected chi connectivity index (χ2v) is 8.91. The predicted molar refractivity (Wildman–Crippen MR) is 110 cm³/mol. The number of hydrogen-bond donors (Lipinski definition) is 1. The summed E-state index contributed by atoms with van der Waals surface area (Å²) in [7, 11) is -3.77. The number of carbonyl (C=O) groups excluding carboxylic acids is 2. The Balaban J connectivity index is 1.48. The molecule has 0 saturated heterocycles. The third kappa shape index (κ3) is 4.05. The Morgan fingerprint density at radius 2 is 1.80 bits per heavy atom. The first-order valence-corrected chi connectivity index (χ1v) is 10.9. The molecule has 0 radical (unpaired) electrons. The lowest BCUT2D eigenvalue weighted by molar-refractivity contribution is 0.0473. The van der Waals surface area contributed by atoms with Crippen molar-refractivity contribution in [3.8, 4) is 0 Å². The van der Waals surface area contributed by atoms with Gasteiger partial charge in [-0.2, -0.15) is 4.31 Å². The summed E-state index contributed by atoms with van der Waals surface area (Å²) in [5, 5.41) is 0. The second kappa shape index (κ2) is 8.25. The first kappa shape index (κ1) is 20.1. The van der Waals surface area contributed by atoms with Crippen LogP contribution in [0.3, 0.4) is 0 Å². The molecule has 0 fully saturated rings. The van der Waals surface area contributed by atoms with E-state index in [0.29, 0.717) is 18.7 Å². The van der Waals surface area contributed by atoms with Crippen molar-refractivity contribution in [3.05, 3.63) is 89.2 Å². The van der Waals surface area contributed by atoms with Crippen LogP contribution in [-0.4, -0.2) is 42.6 Å². The molecule has 1 aliphatic heterocycles. The van der Waals surface area contributed by atoms with Crippen LogP contribution in [0.2, 0.25) is 0 Å². The van der Waals surface area contributed by atoms with Crippen molar-refractivity contribution >= 4 is 21.8 Å². The van der Waals surface area contributed by atoms with E-state index in [-0.39, 0.29) is 22.8 Å². The van der Waals surface area contributed by atoms with Crippen molar-refractivity contribution in [3.63, 3.8) is 0 Å². The molecule has 2 aromatic carbocycles. The first-order valence-electron chi connectivity index (χ1n) is 9.46. The number of ether oxygens (including phenoxy) is 1. The summed E-state index contributed by atoms with van der Waals surface area (Å²) >= 11 is 0. The fourth-order valence-corrected chi connectivity index (χ4v) is 4.87. The topological polar surface area (TPSA) is 96.5 Å². The number of hydrogen-bond acceptors (Lipinski definition) is 5. The van der Waals surface area contributed by atoms with E-state index in [1.54, 1.807) is 18.3 Å². The standard InChI is InChI=1S/C22H20N2O5S/c25-21(20-9-4-11-23-20)15-29-22(26)17-7-3-8-19(13-17)30(27,28)24-12-10-16-5-1-2-6-18(16)14-24/h1-9,11,13,23H,10,12,14-15H2. The Morgan fingerprint density at radius 1 is 1.00 bits per heavy atom. The summed E-state index contributed by atoms with van der Waals surface area (Å²) in [6, 6.07) is 16.7. The van der Waals surface area contributed by atoms with Crippen LogP contribution in [0.5, 0.6) is 0 Å². The molecular weight excluding hydrogens is 404 g/mol. The highest BCUT2D eigenvalue weighted by molar-refractivity contribution is 7.89. The van der Waals surface area contributed by atoms with Gasteiger partial charge in [0, 0.05) is 19.3 Å². The molecule has 8 heteroatoms. The van der Waals surface area contributed by atoms with Gasteiger partial charge in [0.15, 0.2) is 6.61 Å². The lowest BCUT2D eigenvalue weighted by atomic mass is 10.0. The predicted octanol–water partition coefficient (Wildman–Crippen LogP) is 2.80. The van der Waals surface area contributed by atoms with Crippen LogP contribution in [-0.2, 0) is 27.7 Å². The van der Waals surface area contributed by atoms with E-state index >= 15 is 0 Å². The molecule has 3 aromatic rings. The summed E-state index contributed by atoms with van der Waals surface area (Å²) in [6.07, 6.45) is 2.24. The summed E-state index contributed by atoms with van der Waals surface area (Å²) in [6.45, 7) is 0.232. The molecule has 0 bridgehead atoms. The zero-order chi connectivity index (χ0) is 21.1. The lowest BCUT2D eigenvalue weighted by Crippen LogP contribution is -2.36. The zero-order valence-electron chi connectivity index (χ0n) is 16.1. The average molecular weight is 424 g/mol. The number of nitrogens with one attached hydrogen (secondary N) is 1. The number of H-pyrrole nitrogens is 1. The minimum absolute atomic E-state index is 0.0204. The van der Waals surface area contributed by atoms with E-state index in [1.807, 2.05) is 24.3 Å². The molecule has 154 valence electrons. The van der Waals surface area contributed by atoms with Gasteiger partial charge in [0.1, 0.15) is 0 Å². The van der Waals surface area contributed by atoms with Gasteiger partial charge in [-0.15, -0.1) is 0 Å². The van der Waals surface area contributed by atoms with Gasteiger partial charge in [0.25, 0.3) is 0 Å². The molecule has 0 spiro atoms. The number of fused-ring (bicyclic) bond motifs is 1. The highest BCUT2D eigenvalue weighted by atomic mass is 32.2. The number of nitrogens with zero attached hydrogens (tertiary/aromatic N) is 1. The maximum absolute atomic E-state index is 13.1. The third-order valence-electron chi connectivity index (χ3n) is 5.04. The van der Waals surface area contributed by atoms with E-state index in [9.17, 15) is 18.0 Å². The number of rotatable bonds is 6. The molecule has 1 aliphatic rings. The maximum Gasteiger partial charge on any atom is 0.338 e. The van der Waals surface area contributed by atoms with Crippen molar-refractivity contribution in [1.82, 2.24) is 9.29 Å². The Morgan fingerprint density at radius 3 is 2.57 bits per heavy atom. The molecule has 1 aromatic heterocycles. The molecule has 7 nitrogen and oxygen atoms in total. The fourth-order valence-electron chi connectivity index (χ4n) is 3.40. The van der Waals surface area contributed by atoms with Gasteiger partial charge >= 0.3 is 5.97 Å². The van der Waals surface area contributed by atoms with Gasteiger partial charge in [-0.1, -0.05) is 30.3 Å². The molecule has 1 N–H and O–H groups in total. The van der Waals surface area contributed by atoms with Crippen LogP contribution < -0.4 is 0 Å². The average Bonchev–Trinajstić information content (AvgIpc) is 3.32. The molecule has 0 aliphatic carbocycles. The van der Waals surface area contributed by atoms with Gasteiger partial charge in [-0.3, -0.25) is 4.79 Å². The molecule has 4 rings (SSSR count). The summed E-state index contributed by atoms with van der Waals surface area (Å²) in [5.74, 6) is -1.12. The molecular formula is C22H20N2O5S. The third-order valence-corrected chi connectivity index (χ3v) is 6.88. The summed E-state index contributed by atoms with van der Waals surface area (Å²) < 4.78 is 32.7. The van der Waals surface area contributed by atoms with Gasteiger partial charge in [0.2, 0.25) is 15.8 Å². The minimum Gasteiger partial charge on any atom is -0.454 e. The maximum atomic E-state index is 13.1. The number of benzene rings is 2. The van der Waals surface area contributed by atoms with Crippen LogP contribution in [0.4, 0.5) is 0 Å². The van der Waals surface area contributed by atoms with Crippen LogP contribution in [0.1, 0.15) is 32.0 Å². The molecule has 30 heavy (non-hydrogen) atoms. The minimum atomic E-state index is -3.77. The van der Waals surface area contributed by atoms with Crippen molar-refractivity contribution in [2.24, 2.45) is 0 Å². The van der Waals surface area contributed by atoms with Crippen LogP contribution >= 0.6 is 0 Å². The van der Waals surface area contributed by atoms with Crippen LogP contribution in [0.15, 0.2) is 71.8 Å². The van der Waals surface area contributed by atoms with E-state index in [4.69, 9.17) is 4.74 Å². The molecule has 0 unspecified atom stereocenters. The van der Waals surface area contributed by atoms with E-state index in [0.717, 1.165) is 11.1 Å². The number of aromatic amines is 1. The molecule has 2 heterocycles. The van der Waals surface area contributed by atoms with Gasteiger partial charge in [-0.05, 0) is 47.9 Å². The second-order valence-electron chi connectivity index (χ2n) is 6.97. The van der Waals surface area contributed by atoms with E-state index in [1.165, 1.54) is 28.6 Å². The Kier molecular flexibility index (Phi) is 5.52. The van der Waals surface area contributed by atoms with E-state index in [2.05, 4.69) is 4.98 Å². The van der Waals surface area contributed by atoms with Crippen molar-refractivity contribution in [1.29, 1.82) is 0 Å². The number of ketones is 1. The molecule has 0 saturated carbocycles. The zero-order valence-corrected chi connectivity index (χ0v) is 16.9. The van der Waals surface area contributed by atoms with Gasteiger partial charge in [-0.25, -0.2) is 13.2 Å². The molecule has 0 amide bonds. The molecule has 0 atom stereocenters. The highest BCUT2D eigenvalue weighted by Crippen LogP contribution is 2.25. The van der Waals surface area contributed by atoms with Crippen molar-refractivity contribution < 1.29 is 22.7 Å². The van der Waals surface area contributed by atoms with E-state index < -0.39 is 22.6 Å². The van der Waals surface area contributed by atoms with Gasteiger partial charge < -0.3 is 9.72 Å². The van der Waals surface area contributed by atoms with Crippen molar-refractivity contribution in [2.45, 2.75) is 17.9 Å². The smallest absolute Gasteiger partial charge is 0.338 e. The first-order chi connectivity index (χ1) is 14.4. The number of aromatic nitrogens is 1. The summed E-state index contributed by atoms with van der Waals surface area (Å²) in [5.41, 5.74) is 2.54. The SMILES string of the molecule is O=C(OCC(=O)c1ccc[nH]1)c1cccc(S(=O)(=O)N2CCc3ccccc3C2)c1. The number of Topliss-reactive ketones (excluding diaryl/α,β-unsaturated/α-hetero) is 1. The number of sulfonamides is 1. The number of esters is 1. The monoisotopic (exact) mass is 424 g/mol.